The maximum Gasteiger partial charge on any atom is 0.192 e. The van der Waals surface area contributed by atoms with Crippen molar-refractivity contribution >= 4 is 23.0 Å². The predicted octanol–water partition coefficient (Wildman–Crippen LogP) is 4.40. The van der Waals surface area contributed by atoms with Crippen molar-refractivity contribution in [3.63, 3.8) is 0 Å². The summed E-state index contributed by atoms with van der Waals surface area (Å²) in [5.41, 5.74) is 6.15. The molecule has 0 spiro atoms. The number of rotatable bonds is 2. The van der Waals surface area contributed by atoms with E-state index in [1.807, 2.05) is 41.5 Å². The third-order valence-corrected chi connectivity index (χ3v) is 3.39. The molecule has 0 N–H and O–H groups in total. The number of benzene rings is 1. The van der Waals surface area contributed by atoms with Gasteiger partial charge in [0.15, 0.2) is 23.0 Å². The summed E-state index contributed by atoms with van der Waals surface area (Å²) in [6.45, 7) is 6.29. The summed E-state index contributed by atoms with van der Waals surface area (Å²) in [6, 6.07) is 6.16. The van der Waals surface area contributed by atoms with Gasteiger partial charge in [0, 0.05) is 12.4 Å². The second-order valence-electron chi connectivity index (χ2n) is 4.20. The lowest BCUT2D eigenvalue weighted by Crippen LogP contribution is -1.92. The monoisotopic (exact) mass is 339 g/mol. The molecule has 17 heavy (non-hydrogen) atoms. The summed E-state index contributed by atoms with van der Waals surface area (Å²) < 4.78 is 5.20. The molecular weight excluding hydrogens is 325 g/mol. The predicted molar refractivity (Wildman–Crippen MR) is 78.5 cm³/mol. The number of nitrogens with zero attached hydrogens (tertiary/aromatic N) is 1. The molecule has 0 aliphatic heterocycles. The van der Waals surface area contributed by atoms with Crippen LogP contribution in [0.15, 0.2) is 30.6 Å². The highest BCUT2D eigenvalue weighted by molar-refractivity contribution is 14.1. The molecule has 0 aliphatic carbocycles. The lowest BCUT2D eigenvalue weighted by molar-refractivity contribution is 0.716. The largest absolute Gasteiger partial charge is 0.428 e. The minimum absolute atomic E-state index is 0.885. The van der Waals surface area contributed by atoms with Crippen molar-refractivity contribution in [3.8, 4) is 16.9 Å². The van der Waals surface area contributed by atoms with Gasteiger partial charge in [-0.3, -0.25) is 4.98 Å². The van der Waals surface area contributed by atoms with E-state index in [0.29, 0.717) is 0 Å². The van der Waals surface area contributed by atoms with Crippen molar-refractivity contribution in [2.75, 3.05) is 0 Å². The standard InChI is InChI=1S/C14H14INO/c1-9-6-12(17-15)4-5-13(9)14-10(2)7-16-8-11(14)3/h4-8H,1-3H3. The molecular formula is C14H14INO. The SMILES string of the molecule is Cc1cc(OI)ccc1-c1c(C)cncc1C. The molecule has 2 aromatic rings. The molecule has 0 aliphatic rings. The van der Waals surface area contributed by atoms with Crippen LogP contribution in [0.25, 0.3) is 11.1 Å². The molecule has 1 aromatic carbocycles. The van der Waals surface area contributed by atoms with Gasteiger partial charge < -0.3 is 3.07 Å². The minimum atomic E-state index is 0.885. The highest BCUT2D eigenvalue weighted by Crippen LogP contribution is 2.31. The zero-order valence-corrected chi connectivity index (χ0v) is 12.3. The quantitative estimate of drug-likeness (QED) is 0.757. The lowest BCUT2D eigenvalue weighted by atomic mass is 9.94. The normalized spacial score (nSPS) is 10.4. The van der Waals surface area contributed by atoms with Crippen molar-refractivity contribution in [1.29, 1.82) is 0 Å². The average Bonchev–Trinajstić information content (AvgIpc) is 2.30. The first-order valence-corrected chi connectivity index (χ1v) is 6.32. The Balaban J connectivity index is 2.61. The van der Waals surface area contributed by atoms with E-state index >= 15 is 0 Å². The summed E-state index contributed by atoms with van der Waals surface area (Å²) in [4.78, 5) is 4.21. The average molecular weight is 339 g/mol. The molecule has 3 heteroatoms. The van der Waals surface area contributed by atoms with Crippen LogP contribution in [0.4, 0.5) is 0 Å². The van der Waals surface area contributed by atoms with E-state index in [4.69, 9.17) is 3.07 Å². The van der Waals surface area contributed by atoms with E-state index in [0.717, 1.165) is 5.75 Å². The smallest absolute Gasteiger partial charge is 0.192 e. The topological polar surface area (TPSA) is 22.1 Å². The molecule has 0 saturated carbocycles. The van der Waals surface area contributed by atoms with Gasteiger partial charge in [0.2, 0.25) is 0 Å². The molecule has 0 bridgehead atoms. The Morgan fingerprint density at radius 1 is 1.00 bits per heavy atom. The van der Waals surface area contributed by atoms with Crippen LogP contribution >= 0.6 is 23.0 Å². The second kappa shape index (κ2) is 5.04. The zero-order valence-electron chi connectivity index (χ0n) is 10.1. The van der Waals surface area contributed by atoms with Gasteiger partial charge in [0.25, 0.3) is 0 Å². The Hall–Kier alpha value is -1.10. The Bertz CT molecular complexity index is 532. The van der Waals surface area contributed by atoms with Crippen LogP contribution in [0.3, 0.4) is 0 Å². The molecule has 0 amide bonds. The number of hydrogen-bond donors (Lipinski definition) is 0. The lowest BCUT2D eigenvalue weighted by Gasteiger charge is -2.12. The highest BCUT2D eigenvalue weighted by Gasteiger charge is 2.09. The Morgan fingerprint density at radius 3 is 2.18 bits per heavy atom. The third kappa shape index (κ3) is 2.44. The van der Waals surface area contributed by atoms with Gasteiger partial charge in [-0.2, -0.15) is 0 Å². The van der Waals surface area contributed by atoms with Crippen molar-refractivity contribution in [1.82, 2.24) is 4.98 Å². The van der Waals surface area contributed by atoms with Crippen LogP contribution in [0.5, 0.6) is 5.75 Å². The van der Waals surface area contributed by atoms with Crippen LogP contribution in [0, 0.1) is 20.8 Å². The van der Waals surface area contributed by atoms with Crippen molar-refractivity contribution in [2.24, 2.45) is 0 Å². The molecule has 0 atom stereocenters. The highest BCUT2D eigenvalue weighted by atomic mass is 127. The Labute approximate surface area is 116 Å². The maximum absolute atomic E-state index is 5.20. The van der Waals surface area contributed by atoms with E-state index in [1.165, 1.54) is 27.8 Å². The van der Waals surface area contributed by atoms with Gasteiger partial charge in [-0.15, -0.1) is 0 Å². The number of aryl methyl sites for hydroxylation is 3. The van der Waals surface area contributed by atoms with E-state index in [-0.39, 0.29) is 0 Å². The molecule has 2 rings (SSSR count). The first-order chi connectivity index (χ1) is 8.13. The van der Waals surface area contributed by atoms with E-state index in [1.54, 1.807) is 0 Å². The van der Waals surface area contributed by atoms with Gasteiger partial charge in [0.1, 0.15) is 5.75 Å². The van der Waals surface area contributed by atoms with Gasteiger partial charge in [-0.05, 0) is 60.7 Å². The van der Waals surface area contributed by atoms with Gasteiger partial charge in [-0.25, -0.2) is 0 Å². The number of aromatic nitrogens is 1. The summed E-state index contributed by atoms with van der Waals surface area (Å²) >= 11 is 1.90. The first kappa shape index (κ1) is 12.4. The van der Waals surface area contributed by atoms with Crippen LogP contribution in [0.2, 0.25) is 0 Å². The minimum Gasteiger partial charge on any atom is -0.428 e. The van der Waals surface area contributed by atoms with Crippen LogP contribution < -0.4 is 3.07 Å². The van der Waals surface area contributed by atoms with Crippen molar-refractivity contribution < 1.29 is 3.07 Å². The molecule has 0 unspecified atom stereocenters. The molecule has 1 aromatic heterocycles. The van der Waals surface area contributed by atoms with Crippen molar-refractivity contribution in [2.45, 2.75) is 20.8 Å². The Kier molecular flexibility index (Phi) is 3.66. The molecule has 0 fully saturated rings. The number of halogens is 1. The molecule has 0 radical (unpaired) electrons. The summed E-state index contributed by atoms with van der Waals surface area (Å²) in [7, 11) is 0. The van der Waals surface area contributed by atoms with Gasteiger partial charge in [0.05, 0.1) is 0 Å². The summed E-state index contributed by atoms with van der Waals surface area (Å²) in [6.07, 6.45) is 3.81. The second-order valence-corrected chi connectivity index (χ2v) is 4.64. The summed E-state index contributed by atoms with van der Waals surface area (Å²) in [5.74, 6) is 0.885. The Morgan fingerprint density at radius 2 is 1.65 bits per heavy atom. The molecule has 1 heterocycles. The number of pyridine rings is 1. The van der Waals surface area contributed by atoms with Gasteiger partial charge in [-0.1, -0.05) is 6.07 Å². The fraction of sp³-hybridized carbons (Fsp3) is 0.214. The van der Waals surface area contributed by atoms with Crippen LogP contribution in [-0.2, 0) is 0 Å². The maximum atomic E-state index is 5.20. The van der Waals surface area contributed by atoms with Crippen LogP contribution in [0.1, 0.15) is 16.7 Å². The van der Waals surface area contributed by atoms with E-state index < -0.39 is 0 Å². The molecule has 88 valence electrons. The fourth-order valence-electron chi connectivity index (χ4n) is 2.09. The fourth-order valence-corrected chi connectivity index (χ4v) is 2.36. The molecule has 0 saturated heterocycles. The first-order valence-electron chi connectivity index (χ1n) is 5.44. The van der Waals surface area contributed by atoms with Crippen LogP contribution in [-0.4, -0.2) is 4.98 Å². The van der Waals surface area contributed by atoms with Gasteiger partial charge >= 0.3 is 0 Å². The summed E-state index contributed by atoms with van der Waals surface area (Å²) in [5, 5.41) is 0. The van der Waals surface area contributed by atoms with E-state index in [9.17, 15) is 0 Å². The number of hydrogen-bond acceptors (Lipinski definition) is 2. The van der Waals surface area contributed by atoms with Crippen molar-refractivity contribution in [3.05, 3.63) is 47.3 Å². The zero-order chi connectivity index (χ0) is 12.4. The van der Waals surface area contributed by atoms with E-state index in [2.05, 4.69) is 37.9 Å². The molecule has 2 nitrogen and oxygen atoms in total. The third-order valence-electron chi connectivity index (χ3n) is 2.88.